The third-order valence-electron chi connectivity index (χ3n) is 3.69. The maximum Gasteiger partial charge on any atom is 0.256 e. The number of benzene rings is 2. The molecule has 22 heavy (non-hydrogen) atoms. The Morgan fingerprint density at radius 2 is 1.77 bits per heavy atom. The number of nitrogens with zero attached hydrogens (tertiary/aromatic N) is 1. The maximum absolute atomic E-state index is 12.9. The summed E-state index contributed by atoms with van der Waals surface area (Å²) >= 11 is 3.41. The first-order valence-electron chi connectivity index (χ1n) is 7.06. The standard InChI is InChI=1S/C17H15BrN2O2/c18-14-9-5-4-8-13(14)17(22)20-11-10-19-16(21)15(20)12-6-2-1-3-7-12/h1-9,15H,10-11H2,(H,19,21). The second-order valence-corrected chi connectivity index (χ2v) is 5.94. The van der Waals surface area contributed by atoms with Crippen molar-refractivity contribution in [1.82, 2.24) is 10.2 Å². The van der Waals surface area contributed by atoms with Crippen LogP contribution in [0.4, 0.5) is 0 Å². The number of nitrogens with one attached hydrogen (secondary N) is 1. The van der Waals surface area contributed by atoms with E-state index in [2.05, 4.69) is 21.2 Å². The molecule has 0 aromatic heterocycles. The van der Waals surface area contributed by atoms with Crippen molar-refractivity contribution in [3.63, 3.8) is 0 Å². The number of halogens is 1. The van der Waals surface area contributed by atoms with Gasteiger partial charge in [-0.1, -0.05) is 42.5 Å². The molecule has 0 saturated carbocycles. The summed E-state index contributed by atoms with van der Waals surface area (Å²) in [7, 11) is 0. The van der Waals surface area contributed by atoms with Crippen molar-refractivity contribution in [1.29, 1.82) is 0 Å². The largest absolute Gasteiger partial charge is 0.352 e. The van der Waals surface area contributed by atoms with E-state index >= 15 is 0 Å². The van der Waals surface area contributed by atoms with E-state index in [1.807, 2.05) is 48.5 Å². The summed E-state index contributed by atoms with van der Waals surface area (Å²) in [6.07, 6.45) is 0. The minimum atomic E-state index is -0.588. The average molecular weight is 359 g/mol. The molecule has 1 fully saturated rings. The molecule has 2 aromatic carbocycles. The van der Waals surface area contributed by atoms with E-state index in [1.54, 1.807) is 11.0 Å². The molecule has 0 aliphatic carbocycles. The average Bonchev–Trinajstić information content (AvgIpc) is 2.55. The molecule has 4 nitrogen and oxygen atoms in total. The Labute approximate surface area is 137 Å². The molecule has 1 saturated heterocycles. The number of amides is 2. The molecule has 1 atom stereocenters. The van der Waals surface area contributed by atoms with Gasteiger partial charge in [-0.05, 0) is 33.6 Å². The summed E-state index contributed by atoms with van der Waals surface area (Å²) in [6, 6.07) is 16.1. The highest BCUT2D eigenvalue weighted by molar-refractivity contribution is 9.10. The first-order valence-corrected chi connectivity index (χ1v) is 7.86. The van der Waals surface area contributed by atoms with Crippen LogP contribution in [-0.4, -0.2) is 29.8 Å². The Hall–Kier alpha value is -2.14. The molecule has 3 rings (SSSR count). The van der Waals surface area contributed by atoms with Crippen molar-refractivity contribution in [3.8, 4) is 0 Å². The second-order valence-electron chi connectivity index (χ2n) is 5.08. The monoisotopic (exact) mass is 358 g/mol. The number of piperazine rings is 1. The normalized spacial score (nSPS) is 18.0. The van der Waals surface area contributed by atoms with Crippen LogP contribution in [0, 0.1) is 0 Å². The molecule has 0 radical (unpaired) electrons. The van der Waals surface area contributed by atoms with Gasteiger partial charge in [0.2, 0.25) is 5.91 Å². The van der Waals surface area contributed by atoms with Crippen LogP contribution in [0.1, 0.15) is 22.0 Å². The molecule has 2 aromatic rings. The molecule has 5 heteroatoms. The fraction of sp³-hybridized carbons (Fsp3) is 0.176. The van der Waals surface area contributed by atoms with Crippen LogP contribution in [0.15, 0.2) is 59.1 Å². The molecule has 1 N–H and O–H groups in total. The van der Waals surface area contributed by atoms with Crippen LogP contribution in [0.2, 0.25) is 0 Å². The molecule has 0 bridgehead atoms. The molecular weight excluding hydrogens is 344 g/mol. The van der Waals surface area contributed by atoms with E-state index in [1.165, 1.54) is 0 Å². The Kier molecular flexibility index (Phi) is 4.24. The first-order chi connectivity index (χ1) is 10.7. The van der Waals surface area contributed by atoms with Crippen molar-refractivity contribution >= 4 is 27.7 Å². The Bertz CT molecular complexity index is 703. The predicted molar refractivity (Wildman–Crippen MR) is 87.4 cm³/mol. The minimum Gasteiger partial charge on any atom is -0.352 e. The SMILES string of the molecule is O=C1NCCN(C(=O)c2ccccc2Br)C1c1ccccc1. The summed E-state index contributed by atoms with van der Waals surface area (Å²) in [4.78, 5) is 26.8. The van der Waals surface area contributed by atoms with Crippen molar-refractivity contribution in [2.24, 2.45) is 0 Å². The fourth-order valence-corrected chi connectivity index (χ4v) is 3.10. The van der Waals surface area contributed by atoms with Crippen molar-refractivity contribution in [3.05, 3.63) is 70.2 Å². The van der Waals surface area contributed by atoms with Crippen LogP contribution in [-0.2, 0) is 4.79 Å². The number of hydrogen-bond donors (Lipinski definition) is 1. The van der Waals surface area contributed by atoms with Gasteiger partial charge in [0.15, 0.2) is 0 Å². The van der Waals surface area contributed by atoms with E-state index < -0.39 is 6.04 Å². The van der Waals surface area contributed by atoms with E-state index in [4.69, 9.17) is 0 Å². The zero-order chi connectivity index (χ0) is 15.5. The molecule has 1 heterocycles. The molecule has 1 aliphatic heterocycles. The smallest absolute Gasteiger partial charge is 0.256 e. The van der Waals surface area contributed by atoms with Crippen LogP contribution < -0.4 is 5.32 Å². The third-order valence-corrected chi connectivity index (χ3v) is 4.38. The highest BCUT2D eigenvalue weighted by Crippen LogP contribution is 2.27. The zero-order valence-electron chi connectivity index (χ0n) is 11.8. The van der Waals surface area contributed by atoms with Gasteiger partial charge in [0.25, 0.3) is 5.91 Å². The summed E-state index contributed by atoms with van der Waals surface area (Å²) in [5.74, 6) is -0.283. The lowest BCUT2D eigenvalue weighted by molar-refractivity contribution is -0.128. The van der Waals surface area contributed by atoms with Crippen molar-refractivity contribution in [2.45, 2.75) is 6.04 Å². The number of carbonyl (C=O) groups is 2. The van der Waals surface area contributed by atoms with Crippen LogP contribution in [0.25, 0.3) is 0 Å². The molecular formula is C17H15BrN2O2. The van der Waals surface area contributed by atoms with E-state index in [0.29, 0.717) is 18.7 Å². The van der Waals surface area contributed by atoms with Gasteiger partial charge in [-0.3, -0.25) is 9.59 Å². The van der Waals surface area contributed by atoms with E-state index in [0.717, 1.165) is 10.0 Å². The van der Waals surface area contributed by atoms with Gasteiger partial charge in [0.05, 0.1) is 5.56 Å². The Balaban J connectivity index is 1.98. The Morgan fingerprint density at radius 1 is 1.09 bits per heavy atom. The summed E-state index contributed by atoms with van der Waals surface area (Å²) < 4.78 is 0.734. The van der Waals surface area contributed by atoms with Gasteiger partial charge in [0.1, 0.15) is 6.04 Å². The van der Waals surface area contributed by atoms with E-state index in [9.17, 15) is 9.59 Å². The van der Waals surface area contributed by atoms with Crippen LogP contribution >= 0.6 is 15.9 Å². The number of carbonyl (C=O) groups excluding carboxylic acids is 2. The summed E-state index contributed by atoms with van der Waals surface area (Å²) in [5, 5.41) is 2.84. The number of hydrogen-bond acceptors (Lipinski definition) is 2. The topological polar surface area (TPSA) is 49.4 Å². The molecule has 1 unspecified atom stereocenters. The number of rotatable bonds is 2. The highest BCUT2D eigenvalue weighted by Gasteiger charge is 2.35. The van der Waals surface area contributed by atoms with Crippen molar-refractivity contribution in [2.75, 3.05) is 13.1 Å². The van der Waals surface area contributed by atoms with Crippen molar-refractivity contribution < 1.29 is 9.59 Å². The quantitative estimate of drug-likeness (QED) is 0.897. The predicted octanol–water partition coefficient (Wildman–Crippen LogP) is 2.76. The molecule has 0 spiro atoms. The van der Waals surface area contributed by atoms with Gasteiger partial charge < -0.3 is 10.2 Å². The minimum absolute atomic E-state index is 0.141. The zero-order valence-corrected chi connectivity index (χ0v) is 13.4. The third kappa shape index (κ3) is 2.76. The first kappa shape index (κ1) is 14.8. The lowest BCUT2D eigenvalue weighted by Gasteiger charge is -2.35. The molecule has 2 amide bonds. The fourth-order valence-electron chi connectivity index (χ4n) is 2.64. The van der Waals surface area contributed by atoms with Crippen LogP contribution in [0.3, 0.4) is 0 Å². The van der Waals surface area contributed by atoms with E-state index in [-0.39, 0.29) is 11.8 Å². The van der Waals surface area contributed by atoms with Crippen LogP contribution in [0.5, 0.6) is 0 Å². The van der Waals surface area contributed by atoms with Gasteiger partial charge in [-0.25, -0.2) is 0 Å². The van der Waals surface area contributed by atoms with Gasteiger partial charge in [-0.15, -0.1) is 0 Å². The molecule has 1 aliphatic rings. The van der Waals surface area contributed by atoms with Gasteiger partial charge >= 0.3 is 0 Å². The van der Waals surface area contributed by atoms with Gasteiger partial charge in [-0.2, -0.15) is 0 Å². The second kappa shape index (κ2) is 6.32. The Morgan fingerprint density at radius 3 is 2.50 bits per heavy atom. The highest BCUT2D eigenvalue weighted by atomic mass is 79.9. The lowest BCUT2D eigenvalue weighted by atomic mass is 10.0. The summed E-state index contributed by atoms with van der Waals surface area (Å²) in [5.41, 5.74) is 1.39. The lowest BCUT2D eigenvalue weighted by Crippen LogP contribution is -2.52. The maximum atomic E-state index is 12.9. The van der Waals surface area contributed by atoms with Gasteiger partial charge in [0, 0.05) is 17.6 Å². The summed E-state index contributed by atoms with van der Waals surface area (Å²) in [6.45, 7) is 0.962. The molecule has 112 valence electrons.